The van der Waals surface area contributed by atoms with Crippen molar-refractivity contribution < 1.29 is 9.84 Å². The van der Waals surface area contributed by atoms with E-state index in [1.54, 1.807) is 35.9 Å². The molecule has 1 atom stereocenters. The molecule has 0 aliphatic heterocycles. The number of benzene rings is 2. The van der Waals surface area contributed by atoms with Gasteiger partial charge in [0, 0.05) is 25.7 Å². The molecule has 0 fully saturated rings. The maximum absolute atomic E-state index is 12.7. The summed E-state index contributed by atoms with van der Waals surface area (Å²) in [6, 6.07) is 16.6. The van der Waals surface area contributed by atoms with Gasteiger partial charge in [0.25, 0.3) is 5.56 Å². The summed E-state index contributed by atoms with van der Waals surface area (Å²) < 4.78 is 8.55. The summed E-state index contributed by atoms with van der Waals surface area (Å²) in [5, 5.41) is 11.3. The van der Waals surface area contributed by atoms with E-state index in [1.165, 1.54) is 4.57 Å². The predicted octanol–water partition coefficient (Wildman–Crippen LogP) is 2.15. The van der Waals surface area contributed by atoms with Gasteiger partial charge in [0.2, 0.25) is 5.95 Å². The highest BCUT2D eigenvalue weighted by Crippen LogP contribution is 2.21. The number of aromatic nitrogens is 4. The van der Waals surface area contributed by atoms with Gasteiger partial charge in [0.15, 0.2) is 11.2 Å². The van der Waals surface area contributed by atoms with Gasteiger partial charge >= 0.3 is 5.69 Å². The molecule has 0 aliphatic carbocycles. The van der Waals surface area contributed by atoms with E-state index in [0.717, 1.165) is 5.56 Å². The third kappa shape index (κ3) is 4.94. The summed E-state index contributed by atoms with van der Waals surface area (Å²) in [6.45, 7) is 0.556. The first kappa shape index (κ1) is 22.6. The largest absolute Gasteiger partial charge is 0.491 e. The lowest BCUT2D eigenvalue weighted by Crippen LogP contribution is -2.31. The van der Waals surface area contributed by atoms with Crippen LogP contribution in [0.5, 0.6) is 5.75 Å². The minimum absolute atomic E-state index is 0.00713. The van der Waals surface area contributed by atoms with Crippen LogP contribution in [-0.4, -0.2) is 44.0 Å². The Morgan fingerprint density at radius 2 is 1.85 bits per heavy atom. The van der Waals surface area contributed by atoms with Crippen molar-refractivity contribution in [3.05, 3.63) is 86.0 Å². The Morgan fingerprint density at radius 1 is 1.15 bits per heavy atom. The zero-order valence-electron chi connectivity index (χ0n) is 18.2. The molecule has 2 aromatic carbocycles. The Kier molecular flexibility index (Phi) is 6.52. The fraction of sp³-hybridized carbons (Fsp3) is 0.261. The van der Waals surface area contributed by atoms with Crippen molar-refractivity contribution in [1.82, 2.24) is 19.1 Å². The minimum atomic E-state index is -0.946. The number of aryl methyl sites for hydroxylation is 1. The van der Waals surface area contributed by atoms with E-state index in [4.69, 9.17) is 16.3 Å². The SMILES string of the molecule is CN(Cc1ccccc1)c1nc2c(c(=O)[nH]c(=O)n2C)n1C[C@@H](O)COc1ccc(Cl)cc1. The highest BCUT2D eigenvalue weighted by Gasteiger charge is 2.22. The third-order valence-electron chi connectivity index (χ3n) is 5.24. The zero-order chi connectivity index (χ0) is 23.5. The van der Waals surface area contributed by atoms with E-state index in [0.29, 0.717) is 23.3 Å². The van der Waals surface area contributed by atoms with Gasteiger partial charge in [-0.3, -0.25) is 14.3 Å². The average Bonchev–Trinajstić information content (AvgIpc) is 3.18. The van der Waals surface area contributed by atoms with Crippen LogP contribution in [0.2, 0.25) is 5.02 Å². The Balaban J connectivity index is 1.66. The first-order valence-corrected chi connectivity index (χ1v) is 10.7. The Labute approximate surface area is 194 Å². The van der Waals surface area contributed by atoms with Crippen molar-refractivity contribution >= 4 is 28.7 Å². The van der Waals surface area contributed by atoms with Gasteiger partial charge in [0.05, 0.1) is 6.54 Å². The van der Waals surface area contributed by atoms with Crippen molar-refractivity contribution in [2.24, 2.45) is 7.05 Å². The van der Waals surface area contributed by atoms with Crippen LogP contribution in [0.25, 0.3) is 11.2 Å². The number of anilines is 1. The van der Waals surface area contributed by atoms with E-state index in [9.17, 15) is 14.7 Å². The van der Waals surface area contributed by atoms with Crippen molar-refractivity contribution in [2.75, 3.05) is 18.6 Å². The van der Waals surface area contributed by atoms with E-state index in [-0.39, 0.29) is 24.3 Å². The Bertz CT molecular complexity index is 1360. The molecule has 2 aromatic heterocycles. The van der Waals surface area contributed by atoms with E-state index < -0.39 is 17.4 Å². The Hall–Kier alpha value is -3.56. The molecule has 0 saturated carbocycles. The molecule has 0 bridgehead atoms. The number of rotatable bonds is 8. The number of aliphatic hydroxyl groups is 1. The molecule has 0 unspecified atom stereocenters. The van der Waals surface area contributed by atoms with Crippen molar-refractivity contribution in [2.45, 2.75) is 19.2 Å². The smallest absolute Gasteiger partial charge is 0.329 e. The van der Waals surface area contributed by atoms with Crippen molar-refractivity contribution in [3.63, 3.8) is 0 Å². The molecule has 172 valence electrons. The van der Waals surface area contributed by atoms with Gasteiger partial charge in [-0.05, 0) is 29.8 Å². The molecule has 0 amide bonds. The topological polar surface area (TPSA) is 105 Å². The molecule has 0 saturated heterocycles. The van der Waals surface area contributed by atoms with Gasteiger partial charge in [0.1, 0.15) is 18.5 Å². The van der Waals surface area contributed by atoms with Gasteiger partial charge in [-0.25, -0.2) is 4.79 Å². The molecule has 4 rings (SSSR count). The number of hydrogen-bond acceptors (Lipinski definition) is 6. The van der Waals surface area contributed by atoms with Crippen LogP contribution < -0.4 is 20.9 Å². The van der Waals surface area contributed by atoms with E-state index in [2.05, 4.69) is 9.97 Å². The number of nitrogens with zero attached hydrogens (tertiary/aromatic N) is 4. The Morgan fingerprint density at radius 3 is 2.55 bits per heavy atom. The average molecular weight is 470 g/mol. The molecule has 4 aromatic rings. The first-order valence-electron chi connectivity index (χ1n) is 10.3. The monoisotopic (exact) mass is 469 g/mol. The number of H-pyrrole nitrogens is 1. The molecular weight excluding hydrogens is 446 g/mol. The summed E-state index contributed by atoms with van der Waals surface area (Å²) in [7, 11) is 3.38. The van der Waals surface area contributed by atoms with Gasteiger partial charge in [-0.2, -0.15) is 4.98 Å². The summed E-state index contributed by atoms with van der Waals surface area (Å²) >= 11 is 5.89. The number of fused-ring (bicyclic) bond motifs is 1. The van der Waals surface area contributed by atoms with Crippen LogP contribution >= 0.6 is 11.6 Å². The maximum atomic E-state index is 12.7. The lowest BCUT2D eigenvalue weighted by Gasteiger charge is -2.21. The lowest BCUT2D eigenvalue weighted by molar-refractivity contribution is 0.0936. The molecule has 10 heteroatoms. The second-order valence-corrected chi connectivity index (χ2v) is 8.21. The molecule has 9 nitrogen and oxygen atoms in total. The molecule has 2 heterocycles. The van der Waals surface area contributed by atoms with Crippen LogP contribution in [0, 0.1) is 0 Å². The fourth-order valence-electron chi connectivity index (χ4n) is 3.60. The van der Waals surface area contributed by atoms with E-state index in [1.807, 2.05) is 42.3 Å². The second-order valence-electron chi connectivity index (χ2n) is 7.77. The third-order valence-corrected chi connectivity index (χ3v) is 5.49. The number of nitrogens with one attached hydrogen (secondary N) is 1. The van der Waals surface area contributed by atoms with Crippen molar-refractivity contribution in [1.29, 1.82) is 0 Å². The maximum Gasteiger partial charge on any atom is 0.329 e. The zero-order valence-corrected chi connectivity index (χ0v) is 19.0. The summed E-state index contributed by atoms with van der Waals surface area (Å²) in [6.07, 6.45) is -0.946. The predicted molar refractivity (Wildman–Crippen MR) is 127 cm³/mol. The lowest BCUT2D eigenvalue weighted by atomic mass is 10.2. The van der Waals surface area contributed by atoms with Crippen LogP contribution in [0.3, 0.4) is 0 Å². The number of aliphatic hydroxyl groups excluding tert-OH is 1. The number of ether oxygens (including phenoxy) is 1. The van der Waals surface area contributed by atoms with Gasteiger partial charge < -0.3 is 19.3 Å². The molecule has 0 radical (unpaired) electrons. The number of imidazole rings is 1. The quantitative estimate of drug-likeness (QED) is 0.409. The fourth-order valence-corrected chi connectivity index (χ4v) is 3.73. The number of halogens is 1. The number of aromatic amines is 1. The van der Waals surface area contributed by atoms with Crippen molar-refractivity contribution in [3.8, 4) is 5.75 Å². The van der Waals surface area contributed by atoms with Crippen LogP contribution in [0.1, 0.15) is 5.56 Å². The molecule has 0 spiro atoms. The molecular formula is C23H24ClN5O4. The van der Waals surface area contributed by atoms with E-state index >= 15 is 0 Å². The highest BCUT2D eigenvalue weighted by molar-refractivity contribution is 6.30. The molecule has 2 N–H and O–H groups in total. The normalized spacial score (nSPS) is 12.1. The second kappa shape index (κ2) is 9.51. The summed E-state index contributed by atoms with van der Waals surface area (Å²) in [5.41, 5.74) is 0.377. The van der Waals surface area contributed by atoms with Crippen LogP contribution in [0.15, 0.2) is 64.2 Å². The summed E-state index contributed by atoms with van der Waals surface area (Å²) in [5.74, 6) is 1.02. The first-order chi connectivity index (χ1) is 15.8. The highest BCUT2D eigenvalue weighted by atomic mass is 35.5. The van der Waals surface area contributed by atoms with Crippen LogP contribution in [0.4, 0.5) is 5.95 Å². The van der Waals surface area contributed by atoms with Gasteiger partial charge in [-0.1, -0.05) is 41.9 Å². The number of hydrogen-bond donors (Lipinski definition) is 2. The van der Waals surface area contributed by atoms with Crippen LogP contribution in [-0.2, 0) is 20.1 Å². The standard InChI is InChI=1S/C23H24ClN5O4/c1-27(12-15-6-4-3-5-7-15)22-25-20-19(21(31)26-23(32)28(20)2)29(22)13-17(30)14-33-18-10-8-16(24)9-11-18/h3-11,17,30H,12-14H2,1-2H3,(H,26,31,32)/t17-/m1/s1. The summed E-state index contributed by atoms with van der Waals surface area (Å²) in [4.78, 5) is 33.5. The molecule has 33 heavy (non-hydrogen) atoms. The minimum Gasteiger partial charge on any atom is -0.491 e. The molecule has 0 aliphatic rings. The van der Waals surface area contributed by atoms with Gasteiger partial charge in [-0.15, -0.1) is 0 Å².